The second-order valence-electron chi connectivity index (χ2n) is 4.77. The van der Waals surface area contributed by atoms with Crippen molar-refractivity contribution >= 4 is 23.2 Å². The number of nitrogens with zero attached hydrogens (tertiary/aromatic N) is 5. The Morgan fingerprint density at radius 2 is 2.04 bits per heavy atom. The maximum Gasteiger partial charge on any atom is 0.416 e. The average molecular weight is 342 g/mol. The topological polar surface area (TPSA) is 74.0 Å². The van der Waals surface area contributed by atoms with Crippen molar-refractivity contribution in [1.82, 2.24) is 24.4 Å². The lowest BCUT2D eigenvalue weighted by atomic mass is 10.2. The highest BCUT2D eigenvalue weighted by molar-refractivity contribution is 7.99. The highest BCUT2D eigenvalue weighted by Crippen LogP contribution is 2.34. The van der Waals surface area contributed by atoms with E-state index in [2.05, 4.69) is 15.2 Å². The van der Waals surface area contributed by atoms with Crippen LogP contribution in [-0.2, 0) is 13.2 Å². The Morgan fingerprint density at radius 1 is 1.30 bits per heavy atom. The van der Waals surface area contributed by atoms with E-state index in [0.717, 1.165) is 22.8 Å². The number of fused-ring (bicyclic) bond motifs is 1. The number of halogens is 3. The smallest absolute Gasteiger partial charge is 0.383 e. The molecule has 0 spiro atoms. The molecule has 3 aromatic rings. The third-order valence-corrected chi connectivity index (χ3v) is 4.19. The van der Waals surface area contributed by atoms with Crippen LogP contribution in [0.3, 0.4) is 0 Å². The third kappa shape index (κ3) is 2.74. The summed E-state index contributed by atoms with van der Waals surface area (Å²) >= 11 is 1.48. The molecular weight excluding hydrogens is 329 g/mol. The predicted molar refractivity (Wildman–Crippen MR) is 81.0 cm³/mol. The molecule has 0 saturated carbocycles. The molecule has 0 unspecified atom stereocenters. The van der Waals surface area contributed by atoms with Crippen molar-refractivity contribution in [3.63, 3.8) is 0 Å². The highest BCUT2D eigenvalue weighted by atomic mass is 32.2. The number of pyridine rings is 1. The van der Waals surface area contributed by atoms with Gasteiger partial charge in [-0.3, -0.25) is 4.68 Å². The Bertz CT molecular complexity index is 867. The van der Waals surface area contributed by atoms with E-state index in [1.54, 1.807) is 7.05 Å². The number of aromatic nitrogens is 5. The summed E-state index contributed by atoms with van der Waals surface area (Å²) in [5.74, 6) is 1.49. The Kier molecular flexibility index (Phi) is 3.71. The van der Waals surface area contributed by atoms with Crippen molar-refractivity contribution in [2.24, 2.45) is 7.05 Å². The first kappa shape index (κ1) is 15.7. The van der Waals surface area contributed by atoms with Gasteiger partial charge in [0.15, 0.2) is 5.65 Å². The summed E-state index contributed by atoms with van der Waals surface area (Å²) in [7, 11) is 1.69. The van der Waals surface area contributed by atoms with Gasteiger partial charge in [0.1, 0.15) is 11.5 Å². The molecule has 23 heavy (non-hydrogen) atoms. The number of hydrogen-bond acceptors (Lipinski definition) is 5. The van der Waals surface area contributed by atoms with Crippen molar-refractivity contribution in [1.29, 1.82) is 0 Å². The Labute approximate surface area is 133 Å². The van der Waals surface area contributed by atoms with E-state index in [9.17, 15) is 13.2 Å². The van der Waals surface area contributed by atoms with Gasteiger partial charge in [-0.25, -0.2) is 9.50 Å². The second kappa shape index (κ2) is 5.44. The molecule has 3 heterocycles. The van der Waals surface area contributed by atoms with Gasteiger partial charge >= 0.3 is 6.18 Å². The van der Waals surface area contributed by atoms with Gasteiger partial charge in [0.05, 0.1) is 10.5 Å². The number of hydrogen-bond donors (Lipinski definition) is 1. The SMILES string of the molecule is CCSc1c(-c2nc3cc(C(F)(F)F)ccn3n2)nn(C)c1N. The first-order valence-electron chi connectivity index (χ1n) is 6.70. The van der Waals surface area contributed by atoms with E-state index in [-0.39, 0.29) is 11.5 Å². The monoisotopic (exact) mass is 342 g/mol. The van der Waals surface area contributed by atoms with E-state index in [1.807, 2.05) is 6.92 Å². The Hall–Kier alpha value is -2.23. The molecular formula is C13H13F3N6S. The van der Waals surface area contributed by atoms with Crippen LogP contribution in [0.1, 0.15) is 12.5 Å². The van der Waals surface area contributed by atoms with Gasteiger partial charge in [-0.15, -0.1) is 16.9 Å². The summed E-state index contributed by atoms with van der Waals surface area (Å²) in [6, 6.07) is 1.91. The molecule has 0 amide bonds. The normalized spacial score (nSPS) is 12.2. The van der Waals surface area contributed by atoms with E-state index < -0.39 is 11.7 Å². The molecule has 3 rings (SSSR count). The quantitative estimate of drug-likeness (QED) is 0.741. The molecule has 0 aromatic carbocycles. The highest BCUT2D eigenvalue weighted by Gasteiger charge is 2.31. The largest absolute Gasteiger partial charge is 0.416 e. The van der Waals surface area contributed by atoms with Gasteiger partial charge in [0.25, 0.3) is 0 Å². The zero-order valence-electron chi connectivity index (χ0n) is 12.3. The van der Waals surface area contributed by atoms with Crippen LogP contribution in [0.2, 0.25) is 0 Å². The van der Waals surface area contributed by atoms with E-state index in [1.165, 1.54) is 27.2 Å². The molecule has 0 fully saturated rings. The van der Waals surface area contributed by atoms with Crippen LogP contribution in [0.25, 0.3) is 17.2 Å². The number of nitrogen functional groups attached to an aromatic ring is 1. The summed E-state index contributed by atoms with van der Waals surface area (Å²) in [6.07, 6.45) is -3.19. The van der Waals surface area contributed by atoms with Crippen LogP contribution in [0.4, 0.5) is 19.0 Å². The first-order valence-corrected chi connectivity index (χ1v) is 7.69. The van der Waals surface area contributed by atoms with Crippen LogP contribution in [0.15, 0.2) is 23.2 Å². The first-order chi connectivity index (χ1) is 10.8. The van der Waals surface area contributed by atoms with Crippen LogP contribution in [-0.4, -0.2) is 30.1 Å². The molecule has 0 aliphatic carbocycles. The van der Waals surface area contributed by atoms with Gasteiger partial charge in [0, 0.05) is 13.2 Å². The summed E-state index contributed by atoms with van der Waals surface area (Å²) in [5, 5.41) is 8.47. The van der Waals surface area contributed by atoms with Gasteiger partial charge < -0.3 is 5.73 Å². The van der Waals surface area contributed by atoms with Crippen molar-refractivity contribution in [3.05, 3.63) is 23.9 Å². The van der Waals surface area contributed by atoms with E-state index in [0.29, 0.717) is 11.5 Å². The molecule has 0 radical (unpaired) electrons. The fourth-order valence-corrected chi connectivity index (χ4v) is 2.95. The van der Waals surface area contributed by atoms with Crippen LogP contribution in [0, 0.1) is 0 Å². The number of anilines is 1. The molecule has 0 atom stereocenters. The maximum absolute atomic E-state index is 12.8. The zero-order valence-corrected chi connectivity index (χ0v) is 13.1. The number of thioether (sulfide) groups is 1. The van der Waals surface area contributed by atoms with Gasteiger partial charge in [0.2, 0.25) is 5.82 Å². The van der Waals surface area contributed by atoms with E-state index >= 15 is 0 Å². The average Bonchev–Trinajstić information content (AvgIpc) is 3.02. The van der Waals surface area contributed by atoms with Gasteiger partial charge in [-0.1, -0.05) is 6.92 Å². The van der Waals surface area contributed by atoms with Crippen LogP contribution >= 0.6 is 11.8 Å². The van der Waals surface area contributed by atoms with Crippen LogP contribution in [0.5, 0.6) is 0 Å². The lowest BCUT2D eigenvalue weighted by Gasteiger charge is -2.05. The minimum atomic E-state index is -4.42. The van der Waals surface area contributed by atoms with Gasteiger partial charge in [-0.05, 0) is 17.9 Å². The van der Waals surface area contributed by atoms with Gasteiger partial charge in [-0.2, -0.15) is 18.3 Å². The summed E-state index contributed by atoms with van der Waals surface area (Å²) < 4.78 is 41.1. The van der Waals surface area contributed by atoms with Crippen molar-refractivity contribution in [2.75, 3.05) is 11.5 Å². The van der Waals surface area contributed by atoms with E-state index in [4.69, 9.17) is 5.73 Å². The Balaban J connectivity index is 2.13. The Morgan fingerprint density at radius 3 is 2.70 bits per heavy atom. The lowest BCUT2D eigenvalue weighted by molar-refractivity contribution is -0.137. The zero-order chi connectivity index (χ0) is 16.8. The predicted octanol–water partition coefficient (Wildman–Crippen LogP) is 2.84. The van der Waals surface area contributed by atoms with Crippen LogP contribution < -0.4 is 5.73 Å². The molecule has 0 bridgehead atoms. The molecule has 0 saturated heterocycles. The molecule has 0 aliphatic heterocycles. The third-order valence-electron chi connectivity index (χ3n) is 3.21. The molecule has 6 nitrogen and oxygen atoms in total. The summed E-state index contributed by atoms with van der Waals surface area (Å²) in [6.45, 7) is 1.97. The maximum atomic E-state index is 12.8. The molecule has 3 aromatic heterocycles. The fourth-order valence-electron chi connectivity index (χ4n) is 2.11. The number of aryl methyl sites for hydroxylation is 1. The fraction of sp³-hybridized carbons (Fsp3) is 0.308. The minimum absolute atomic E-state index is 0.103. The van der Waals surface area contributed by atoms with Crippen molar-refractivity contribution < 1.29 is 13.2 Å². The summed E-state index contributed by atoms with van der Waals surface area (Å²) in [5.41, 5.74) is 5.77. The molecule has 122 valence electrons. The second-order valence-corrected chi connectivity index (χ2v) is 6.05. The number of nitrogens with two attached hydrogens (primary N) is 1. The molecule has 2 N–H and O–H groups in total. The minimum Gasteiger partial charge on any atom is -0.383 e. The van der Waals surface area contributed by atoms with Crippen molar-refractivity contribution in [2.45, 2.75) is 18.0 Å². The number of rotatable bonds is 3. The lowest BCUT2D eigenvalue weighted by Crippen LogP contribution is -2.05. The standard InChI is InChI=1S/C13H13F3N6S/c1-3-23-10-9(19-21(2)11(10)17)12-18-8-6-7(13(14,15)16)4-5-22(8)20-12/h4-6H,3,17H2,1-2H3. The molecule has 0 aliphatic rings. The molecule has 10 heteroatoms. The van der Waals surface area contributed by atoms with Crippen molar-refractivity contribution in [3.8, 4) is 11.5 Å². The number of alkyl halides is 3. The summed E-state index contributed by atoms with van der Waals surface area (Å²) in [4.78, 5) is 4.89.